The summed E-state index contributed by atoms with van der Waals surface area (Å²) in [5.41, 5.74) is 1.65. The molecule has 0 spiro atoms. The predicted molar refractivity (Wildman–Crippen MR) is 75.8 cm³/mol. The molecule has 0 aliphatic rings. The van der Waals surface area contributed by atoms with E-state index < -0.39 is 0 Å². The number of rotatable bonds is 7. The highest BCUT2D eigenvalue weighted by atomic mass is 16.5. The Labute approximate surface area is 115 Å². The van der Waals surface area contributed by atoms with Gasteiger partial charge in [-0.3, -0.25) is 4.79 Å². The van der Waals surface area contributed by atoms with Crippen molar-refractivity contribution in [3.05, 3.63) is 29.3 Å². The van der Waals surface area contributed by atoms with Crippen molar-refractivity contribution >= 4 is 5.91 Å². The minimum Gasteiger partial charge on any atom is -0.493 e. The number of amides is 1. The number of hydrogen-bond acceptors (Lipinski definition) is 3. The van der Waals surface area contributed by atoms with E-state index in [1.807, 2.05) is 32.9 Å². The molecule has 4 heteroatoms. The Balaban J connectivity index is 2.68. The molecular weight excluding hydrogens is 242 g/mol. The van der Waals surface area contributed by atoms with Gasteiger partial charge in [0.1, 0.15) is 5.75 Å². The zero-order valence-corrected chi connectivity index (χ0v) is 12.2. The third kappa shape index (κ3) is 5.30. The van der Waals surface area contributed by atoms with Crippen LogP contribution in [0.25, 0.3) is 0 Å². The van der Waals surface area contributed by atoms with Crippen molar-refractivity contribution in [2.24, 2.45) is 0 Å². The van der Waals surface area contributed by atoms with Crippen molar-refractivity contribution < 1.29 is 14.3 Å². The Morgan fingerprint density at radius 1 is 1.32 bits per heavy atom. The van der Waals surface area contributed by atoms with Gasteiger partial charge >= 0.3 is 0 Å². The molecule has 19 heavy (non-hydrogen) atoms. The van der Waals surface area contributed by atoms with Gasteiger partial charge in [-0.25, -0.2) is 0 Å². The molecule has 0 atom stereocenters. The van der Waals surface area contributed by atoms with Gasteiger partial charge in [-0.1, -0.05) is 6.07 Å². The highest BCUT2D eigenvalue weighted by molar-refractivity contribution is 5.94. The first kappa shape index (κ1) is 15.5. The van der Waals surface area contributed by atoms with Crippen molar-refractivity contribution in [2.75, 3.05) is 20.3 Å². The number of nitrogens with one attached hydrogen (secondary N) is 1. The highest BCUT2D eigenvalue weighted by Crippen LogP contribution is 2.20. The van der Waals surface area contributed by atoms with Crippen LogP contribution in [0.15, 0.2) is 18.2 Å². The van der Waals surface area contributed by atoms with Crippen LogP contribution in [-0.2, 0) is 4.74 Å². The molecule has 1 N–H and O–H groups in total. The normalized spacial score (nSPS) is 10.6. The predicted octanol–water partition coefficient (Wildman–Crippen LogP) is 2.55. The molecule has 4 nitrogen and oxygen atoms in total. The molecule has 106 valence electrons. The quantitative estimate of drug-likeness (QED) is 0.771. The third-order valence-corrected chi connectivity index (χ3v) is 2.62. The molecule has 1 aromatic carbocycles. The van der Waals surface area contributed by atoms with Crippen LogP contribution in [0.3, 0.4) is 0 Å². The lowest BCUT2D eigenvalue weighted by molar-refractivity contribution is 0.0942. The number of benzene rings is 1. The average Bonchev–Trinajstić information content (AvgIpc) is 2.35. The Hall–Kier alpha value is -1.55. The second-order valence-corrected chi connectivity index (χ2v) is 4.80. The third-order valence-electron chi connectivity index (χ3n) is 2.62. The molecule has 0 fully saturated rings. The van der Waals surface area contributed by atoms with Crippen LogP contribution < -0.4 is 10.1 Å². The first-order valence-electron chi connectivity index (χ1n) is 6.58. The molecule has 1 amide bonds. The minimum atomic E-state index is -0.0725. The van der Waals surface area contributed by atoms with E-state index in [9.17, 15) is 4.79 Å². The molecule has 0 bridgehead atoms. The van der Waals surface area contributed by atoms with Crippen LogP contribution in [0.5, 0.6) is 5.75 Å². The summed E-state index contributed by atoms with van der Waals surface area (Å²) < 4.78 is 10.6. The van der Waals surface area contributed by atoms with Gasteiger partial charge in [-0.15, -0.1) is 0 Å². The lowest BCUT2D eigenvalue weighted by Crippen LogP contribution is -2.30. The van der Waals surface area contributed by atoms with Crippen LogP contribution in [-0.4, -0.2) is 32.3 Å². The summed E-state index contributed by atoms with van der Waals surface area (Å²) >= 11 is 0. The lowest BCUT2D eigenvalue weighted by Gasteiger charge is -2.12. The van der Waals surface area contributed by atoms with Crippen LogP contribution in [0.1, 0.15) is 36.2 Å². The summed E-state index contributed by atoms with van der Waals surface area (Å²) in [4.78, 5) is 11.9. The molecule has 0 aliphatic carbocycles. The van der Waals surface area contributed by atoms with E-state index in [2.05, 4.69) is 5.32 Å². The van der Waals surface area contributed by atoms with E-state index in [4.69, 9.17) is 9.47 Å². The van der Waals surface area contributed by atoms with Crippen molar-refractivity contribution in [3.8, 4) is 5.75 Å². The van der Waals surface area contributed by atoms with Gasteiger partial charge in [-0.2, -0.15) is 0 Å². The number of carbonyl (C=O) groups excluding carboxylic acids is 1. The Kier molecular flexibility index (Phi) is 6.36. The smallest absolute Gasteiger partial charge is 0.251 e. The molecule has 0 radical (unpaired) electrons. The zero-order chi connectivity index (χ0) is 14.3. The van der Waals surface area contributed by atoms with E-state index in [0.29, 0.717) is 18.8 Å². The van der Waals surface area contributed by atoms with Gasteiger partial charge in [-0.05, 0) is 38.5 Å². The van der Waals surface area contributed by atoms with E-state index >= 15 is 0 Å². The Bertz CT molecular complexity index is 416. The van der Waals surface area contributed by atoms with Gasteiger partial charge < -0.3 is 14.8 Å². The molecule has 0 aromatic heterocycles. The van der Waals surface area contributed by atoms with E-state index in [0.717, 1.165) is 17.7 Å². The summed E-state index contributed by atoms with van der Waals surface area (Å²) in [5, 5.41) is 2.87. The number of ether oxygens (including phenoxy) is 2. The van der Waals surface area contributed by atoms with Crippen molar-refractivity contribution in [1.29, 1.82) is 0 Å². The van der Waals surface area contributed by atoms with Gasteiger partial charge in [0.15, 0.2) is 0 Å². The standard InChI is InChI=1S/C15H23NO3/c1-11(2)16-15(17)13-7-6-12(3)14(10-13)19-9-5-8-18-4/h6-7,10-11H,5,8-9H2,1-4H3,(H,16,17). The maximum Gasteiger partial charge on any atom is 0.251 e. The fraction of sp³-hybridized carbons (Fsp3) is 0.533. The van der Waals surface area contributed by atoms with Crippen LogP contribution in [0.4, 0.5) is 0 Å². The maximum atomic E-state index is 11.9. The summed E-state index contributed by atoms with van der Waals surface area (Å²) in [6, 6.07) is 5.63. The summed E-state index contributed by atoms with van der Waals surface area (Å²) in [6.07, 6.45) is 0.832. The van der Waals surface area contributed by atoms with Crippen LogP contribution in [0.2, 0.25) is 0 Å². The summed E-state index contributed by atoms with van der Waals surface area (Å²) in [7, 11) is 1.67. The van der Waals surface area contributed by atoms with E-state index in [1.54, 1.807) is 13.2 Å². The molecule has 1 aromatic rings. The largest absolute Gasteiger partial charge is 0.493 e. The van der Waals surface area contributed by atoms with Gasteiger partial charge in [0.05, 0.1) is 6.61 Å². The maximum absolute atomic E-state index is 11.9. The minimum absolute atomic E-state index is 0.0725. The molecular formula is C15H23NO3. The Morgan fingerprint density at radius 2 is 2.05 bits per heavy atom. The first-order valence-corrected chi connectivity index (χ1v) is 6.58. The second kappa shape index (κ2) is 7.79. The zero-order valence-electron chi connectivity index (χ0n) is 12.2. The van der Waals surface area contributed by atoms with Crippen LogP contribution >= 0.6 is 0 Å². The topological polar surface area (TPSA) is 47.6 Å². The molecule has 0 aliphatic heterocycles. The second-order valence-electron chi connectivity index (χ2n) is 4.80. The van der Waals surface area contributed by atoms with Crippen molar-refractivity contribution in [3.63, 3.8) is 0 Å². The molecule has 0 unspecified atom stereocenters. The van der Waals surface area contributed by atoms with Crippen LogP contribution in [0, 0.1) is 6.92 Å². The van der Waals surface area contributed by atoms with Crippen molar-refractivity contribution in [1.82, 2.24) is 5.32 Å². The first-order chi connectivity index (χ1) is 9.04. The molecule has 0 heterocycles. The number of hydrogen-bond donors (Lipinski definition) is 1. The van der Waals surface area contributed by atoms with E-state index in [-0.39, 0.29) is 11.9 Å². The summed E-state index contributed by atoms with van der Waals surface area (Å²) in [5.74, 6) is 0.684. The molecule has 0 saturated carbocycles. The fourth-order valence-electron chi connectivity index (χ4n) is 1.63. The van der Waals surface area contributed by atoms with E-state index in [1.165, 1.54) is 0 Å². The SMILES string of the molecule is COCCCOc1cc(C(=O)NC(C)C)ccc1C. The molecule has 0 saturated heterocycles. The number of methoxy groups -OCH3 is 1. The monoisotopic (exact) mass is 265 g/mol. The van der Waals surface area contributed by atoms with Gasteiger partial charge in [0.25, 0.3) is 5.91 Å². The average molecular weight is 265 g/mol. The number of aryl methyl sites for hydroxylation is 1. The van der Waals surface area contributed by atoms with Gasteiger partial charge in [0, 0.05) is 31.7 Å². The lowest BCUT2D eigenvalue weighted by atomic mass is 10.1. The number of carbonyl (C=O) groups is 1. The Morgan fingerprint density at radius 3 is 2.68 bits per heavy atom. The van der Waals surface area contributed by atoms with Gasteiger partial charge in [0.2, 0.25) is 0 Å². The molecule has 1 rings (SSSR count). The fourth-order valence-corrected chi connectivity index (χ4v) is 1.63. The summed E-state index contributed by atoms with van der Waals surface area (Å²) in [6.45, 7) is 7.11. The van der Waals surface area contributed by atoms with Crippen molar-refractivity contribution in [2.45, 2.75) is 33.2 Å². The highest BCUT2D eigenvalue weighted by Gasteiger charge is 2.09.